The first-order valence-electron chi connectivity index (χ1n) is 7.01. The van der Waals surface area contributed by atoms with Crippen LogP contribution in [0.1, 0.15) is 16.7 Å². The molecule has 0 amide bonds. The van der Waals surface area contributed by atoms with Crippen LogP contribution in [0.3, 0.4) is 0 Å². The topological polar surface area (TPSA) is 22.0 Å². The first-order valence-corrected chi connectivity index (χ1v) is 7.76. The smallest absolute Gasteiger partial charge is 0.251 e. The molecule has 4 heteroatoms. The summed E-state index contributed by atoms with van der Waals surface area (Å²) in [4.78, 5) is 12.5. The molecule has 0 radical (unpaired) electrons. The molecule has 0 N–H and O–H groups in total. The molecule has 0 fully saturated rings. The van der Waals surface area contributed by atoms with Crippen LogP contribution in [0.5, 0.6) is 0 Å². The molecule has 112 valence electrons. The van der Waals surface area contributed by atoms with E-state index in [1.165, 1.54) is 0 Å². The molecule has 1 heterocycles. The quantitative estimate of drug-likeness (QED) is 0.649. The summed E-state index contributed by atoms with van der Waals surface area (Å²) in [6.07, 6.45) is 0. The zero-order valence-corrected chi connectivity index (χ0v) is 13.9. The van der Waals surface area contributed by atoms with Gasteiger partial charge >= 0.3 is 0 Å². The van der Waals surface area contributed by atoms with Gasteiger partial charge in [0.15, 0.2) is 0 Å². The van der Waals surface area contributed by atoms with Crippen LogP contribution in [0, 0.1) is 13.8 Å². The number of fused-ring (bicyclic) bond motifs is 1. The molecule has 0 unspecified atom stereocenters. The average molecular weight is 332 g/mol. The highest BCUT2D eigenvalue weighted by atomic mass is 35.5. The number of nitrogens with zero attached hydrogens (tertiary/aromatic N) is 1. The molecule has 0 aliphatic rings. The third kappa shape index (κ3) is 2.65. The molecule has 1 aromatic heterocycles. The number of halogens is 2. The standard InChI is InChI=1S/C18H15Cl2NO/c1-11-4-3-5-14-12(2)8-17(22)21(18(11)14)10-13-6-7-15(19)16(20)9-13/h3-9H,10H2,1-2H3. The minimum absolute atomic E-state index is 0.00891. The second kappa shape index (κ2) is 5.79. The fraction of sp³-hybridized carbons (Fsp3) is 0.167. The van der Waals surface area contributed by atoms with Crippen LogP contribution >= 0.6 is 23.2 Å². The van der Waals surface area contributed by atoms with Gasteiger partial charge in [0.2, 0.25) is 0 Å². The van der Waals surface area contributed by atoms with E-state index in [-0.39, 0.29) is 5.56 Å². The summed E-state index contributed by atoms with van der Waals surface area (Å²) in [7, 11) is 0. The first-order chi connectivity index (χ1) is 10.5. The van der Waals surface area contributed by atoms with Gasteiger partial charge in [-0.1, -0.05) is 47.5 Å². The van der Waals surface area contributed by atoms with Gasteiger partial charge in [0.1, 0.15) is 0 Å². The zero-order valence-electron chi connectivity index (χ0n) is 12.4. The molecule has 0 bridgehead atoms. The van der Waals surface area contributed by atoms with Crippen molar-refractivity contribution in [3.05, 3.63) is 79.6 Å². The van der Waals surface area contributed by atoms with Crippen LogP contribution in [0.25, 0.3) is 10.9 Å². The van der Waals surface area contributed by atoms with E-state index in [9.17, 15) is 4.79 Å². The Morgan fingerprint density at radius 2 is 1.73 bits per heavy atom. The van der Waals surface area contributed by atoms with Crippen molar-refractivity contribution >= 4 is 34.1 Å². The molecular formula is C18H15Cl2NO. The maximum Gasteiger partial charge on any atom is 0.251 e. The molecule has 0 saturated carbocycles. The Balaban J connectivity index is 2.22. The van der Waals surface area contributed by atoms with Gasteiger partial charge in [0, 0.05) is 11.5 Å². The fourth-order valence-corrected chi connectivity index (χ4v) is 3.08. The van der Waals surface area contributed by atoms with E-state index in [1.807, 2.05) is 38.1 Å². The molecule has 2 aromatic carbocycles. The second-order valence-electron chi connectivity index (χ2n) is 5.47. The lowest BCUT2D eigenvalue weighted by atomic mass is 10.1. The Bertz CT molecular complexity index is 928. The summed E-state index contributed by atoms with van der Waals surface area (Å²) >= 11 is 12.0. The third-order valence-corrected chi connectivity index (χ3v) is 4.60. The lowest BCUT2D eigenvalue weighted by Gasteiger charge is -2.14. The predicted molar refractivity (Wildman–Crippen MR) is 93.2 cm³/mol. The fourth-order valence-electron chi connectivity index (χ4n) is 2.76. The van der Waals surface area contributed by atoms with Gasteiger partial charge in [0.25, 0.3) is 5.56 Å². The van der Waals surface area contributed by atoms with E-state index in [0.29, 0.717) is 16.6 Å². The normalized spacial score (nSPS) is 11.1. The maximum absolute atomic E-state index is 12.5. The van der Waals surface area contributed by atoms with Crippen molar-refractivity contribution in [3.8, 4) is 0 Å². The molecule has 0 aliphatic heterocycles. The highest BCUT2D eigenvalue weighted by molar-refractivity contribution is 6.42. The Morgan fingerprint density at radius 1 is 0.955 bits per heavy atom. The first kappa shape index (κ1) is 15.1. The Kier molecular flexibility index (Phi) is 3.98. The summed E-state index contributed by atoms with van der Waals surface area (Å²) in [6.45, 7) is 4.45. The molecule has 22 heavy (non-hydrogen) atoms. The van der Waals surface area contributed by atoms with Crippen molar-refractivity contribution < 1.29 is 0 Å². The molecule has 0 spiro atoms. The van der Waals surface area contributed by atoms with Crippen molar-refractivity contribution in [1.82, 2.24) is 4.57 Å². The highest BCUT2D eigenvalue weighted by Crippen LogP contribution is 2.24. The number of hydrogen-bond donors (Lipinski definition) is 0. The van der Waals surface area contributed by atoms with Crippen LogP contribution in [-0.4, -0.2) is 4.57 Å². The summed E-state index contributed by atoms with van der Waals surface area (Å²) < 4.78 is 1.79. The highest BCUT2D eigenvalue weighted by Gasteiger charge is 2.10. The molecule has 0 aliphatic carbocycles. The van der Waals surface area contributed by atoms with Crippen LogP contribution < -0.4 is 5.56 Å². The number of hydrogen-bond acceptors (Lipinski definition) is 1. The van der Waals surface area contributed by atoms with Gasteiger partial charge in [-0.3, -0.25) is 4.79 Å². The van der Waals surface area contributed by atoms with E-state index in [2.05, 4.69) is 0 Å². The monoisotopic (exact) mass is 331 g/mol. The predicted octanol–water partition coefficient (Wildman–Crippen LogP) is 4.97. The maximum atomic E-state index is 12.5. The van der Waals surface area contributed by atoms with Gasteiger partial charge in [0.05, 0.1) is 22.1 Å². The van der Waals surface area contributed by atoms with Crippen molar-refractivity contribution in [2.75, 3.05) is 0 Å². The van der Waals surface area contributed by atoms with Crippen molar-refractivity contribution in [2.24, 2.45) is 0 Å². The molecule has 0 atom stereocenters. The van der Waals surface area contributed by atoms with E-state index < -0.39 is 0 Å². The van der Waals surface area contributed by atoms with Crippen molar-refractivity contribution in [3.63, 3.8) is 0 Å². The summed E-state index contributed by atoms with van der Waals surface area (Å²) in [6, 6.07) is 13.2. The van der Waals surface area contributed by atoms with E-state index >= 15 is 0 Å². The number of benzene rings is 2. The van der Waals surface area contributed by atoms with Gasteiger partial charge in [-0.2, -0.15) is 0 Å². The molecule has 3 rings (SSSR count). The summed E-state index contributed by atoms with van der Waals surface area (Å²) in [5, 5.41) is 2.11. The van der Waals surface area contributed by atoms with Gasteiger partial charge in [-0.15, -0.1) is 0 Å². The second-order valence-corrected chi connectivity index (χ2v) is 6.29. The molecule has 3 aromatic rings. The Labute approximate surface area is 138 Å². The molecule has 0 saturated heterocycles. The van der Waals surface area contributed by atoms with E-state index in [4.69, 9.17) is 23.2 Å². The molecular weight excluding hydrogens is 317 g/mol. The third-order valence-electron chi connectivity index (χ3n) is 3.86. The van der Waals surface area contributed by atoms with Gasteiger partial charge in [-0.05, 0) is 42.7 Å². The number of pyridine rings is 1. The van der Waals surface area contributed by atoms with Gasteiger partial charge in [-0.25, -0.2) is 0 Å². The minimum Gasteiger partial charge on any atom is -0.304 e. The van der Waals surface area contributed by atoms with Crippen LogP contribution in [0.15, 0.2) is 47.3 Å². The molecule has 2 nitrogen and oxygen atoms in total. The average Bonchev–Trinajstić information content (AvgIpc) is 2.47. The Hall–Kier alpha value is -1.77. The SMILES string of the molecule is Cc1cc(=O)n(Cc2ccc(Cl)c(Cl)c2)c2c(C)cccc12. The number of aryl methyl sites for hydroxylation is 2. The summed E-state index contributed by atoms with van der Waals surface area (Å²) in [5.74, 6) is 0. The van der Waals surface area contributed by atoms with Gasteiger partial charge < -0.3 is 4.57 Å². The van der Waals surface area contributed by atoms with E-state index in [1.54, 1.807) is 22.8 Å². The van der Waals surface area contributed by atoms with Crippen molar-refractivity contribution in [1.29, 1.82) is 0 Å². The van der Waals surface area contributed by atoms with Crippen LogP contribution in [0.4, 0.5) is 0 Å². The van der Waals surface area contributed by atoms with E-state index in [0.717, 1.165) is 27.6 Å². The van der Waals surface area contributed by atoms with Crippen LogP contribution in [0.2, 0.25) is 10.0 Å². The Morgan fingerprint density at radius 3 is 2.45 bits per heavy atom. The van der Waals surface area contributed by atoms with Crippen molar-refractivity contribution in [2.45, 2.75) is 20.4 Å². The number of rotatable bonds is 2. The number of para-hydroxylation sites is 1. The summed E-state index contributed by atoms with van der Waals surface area (Å²) in [5.41, 5.74) is 3.99. The lowest BCUT2D eigenvalue weighted by Crippen LogP contribution is -2.21. The number of aromatic nitrogens is 1. The lowest BCUT2D eigenvalue weighted by molar-refractivity contribution is 0.790. The largest absolute Gasteiger partial charge is 0.304 e. The minimum atomic E-state index is -0.00891. The zero-order chi connectivity index (χ0) is 15.9. The van der Waals surface area contributed by atoms with Crippen LogP contribution in [-0.2, 0) is 6.54 Å².